The van der Waals surface area contributed by atoms with Crippen molar-refractivity contribution >= 4 is 0 Å². The summed E-state index contributed by atoms with van der Waals surface area (Å²) in [5.41, 5.74) is 0. The monoisotopic (exact) mass is 146 g/mol. The predicted molar refractivity (Wildman–Crippen MR) is 43.9 cm³/mol. The van der Waals surface area contributed by atoms with Crippen molar-refractivity contribution in [1.82, 2.24) is 0 Å². The Balaban J connectivity index is 3.47. The molecule has 0 amide bonds. The first-order valence-corrected chi connectivity index (χ1v) is 3.75. The number of methoxy groups -OCH3 is 1. The van der Waals surface area contributed by atoms with E-state index in [1.54, 1.807) is 7.11 Å². The van der Waals surface area contributed by atoms with E-state index in [-0.39, 0.29) is 0 Å². The maximum atomic E-state index is 5.04. The van der Waals surface area contributed by atoms with Gasteiger partial charge in [-0.05, 0) is 0 Å². The summed E-state index contributed by atoms with van der Waals surface area (Å²) in [6, 6.07) is 0. The minimum absolute atomic E-state index is 0.657. The third kappa shape index (κ3) is 6.05. The molecular weight excluding hydrogens is 126 g/mol. The lowest BCUT2D eigenvalue weighted by Crippen LogP contribution is -2.39. The molecular formula is C8H20NO+. The molecule has 0 saturated carbocycles. The molecule has 1 unspecified atom stereocenters. The summed E-state index contributed by atoms with van der Waals surface area (Å²) >= 11 is 0. The van der Waals surface area contributed by atoms with Crippen molar-refractivity contribution in [1.29, 1.82) is 0 Å². The lowest BCUT2D eigenvalue weighted by Gasteiger charge is -2.27. The van der Waals surface area contributed by atoms with E-state index in [2.05, 4.69) is 28.1 Å². The number of ether oxygens (including phenoxy) is 1. The van der Waals surface area contributed by atoms with Crippen LogP contribution in [-0.4, -0.2) is 45.9 Å². The third-order valence-corrected chi connectivity index (χ3v) is 1.31. The summed E-state index contributed by atoms with van der Waals surface area (Å²) in [5.74, 6) is 0.657. The average molecular weight is 146 g/mol. The molecule has 0 aromatic heterocycles. The Morgan fingerprint density at radius 1 is 1.30 bits per heavy atom. The molecule has 0 fully saturated rings. The van der Waals surface area contributed by atoms with Crippen molar-refractivity contribution in [2.75, 3.05) is 41.4 Å². The SMILES string of the molecule is COCC(C)C[N+](C)(C)C. The second-order valence-corrected chi connectivity index (χ2v) is 4.03. The minimum atomic E-state index is 0.657. The van der Waals surface area contributed by atoms with Gasteiger partial charge in [-0.3, -0.25) is 0 Å². The summed E-state index contributed by atoms with van der Waals surface area (Å²) in [4.78, 5) is 0. The number of hydrogen-bond donors (Lipinski definition) is 0. The molecule has 0 aliphatic carbocycles. The van der Waals surface area contributed by atoms with E-state index in [0.29, 0.717) is 5.92 Å². The first-order valence-electron chi connectivity index (χ1n) is 3.75. The van der Waals surface area contributed by atoms with Gasteiger partial charge in [0.05, 0.1) is 34.3 Å². The Labute approximate surface area is 64.4 Å². The van der Waals surface area contributed by atoms with Gasteiger partial charge in [-0.2, -0.15) is 0 Å². The summed E-state index contributed by atoms with van der Waals surface area (Å²) in [7, 11) is 8.36. The highest BCUT2D eigenvalue weighted by molar-refractivity contribution is 4.46. The van der Waals surface area contributed by atoms with Gasteiger partial charge in [0.2, 0.25) is 0 Å². The van der Waals surface area contributed by atoms with Gasteiger partial charge in [0.25, 0.3) is 0 Å². The van der Waals surface area contributed by atoms with Crippen LogP contribution in [0.25, 0.3) is 0 Å². The molecule has 0 saturated heterocycles. The third-order valence-electron chi connectivity index (χ3n) is 1.31. The lowest BCUT2D eigenvalue weighted by atomic mass is 10.2. The Hall–Kier alpha value is -0.0800. The Kier molecular flexibility index (Phi) is 3.91. The molecule has 0 rings (SSSR count). The van der Waals surface area contributed by atoms with Crippen molar-refractivity contribution in [3.63, 3.8) is 0 Å². The van der Waals surface area contributed by atoms with Crippen LogP contribution in [0.15, 0.2) is 0 Å². The standard InChI is InChI=1S/C8H20NO/c1-8(7-10-5)6-9(2,3)4/h8H,6-7H2,1-5H3/q+1. The van der Waals surface area contributed by atoms with E-state index < -0.39 is 0 Å². The van der Waals surface area contributed by atoms with Gasteiger partial charge < -0.3 is 9.22 Å². The van der Waals surface area contributed by atoms with Crippen LogP contribution in [-0.2, 0) is 4.74 Å². The molecule has 0 N–H and O–H groups in total. The second-order valence-electron chi connectivity index (χ2n) is 4.03. The van der Waals surface area contributed by atoms with Gasteiger partial charge in [-0.25, -0.2) is 0 Å². The average Bonchev–Trinajstić information content (AvgIpc) is 1.59. The molecule has 0 aromatic rings. The molecule has 0 heterocycles. The van der Waals surface area contributed by atoms with E-state index in [1.807, 2.05) is 0 Å². The number of quaternary nitrogens is 1. The van der Waals surface area contributed by atoms with E-state index >= 15 is 0 Å². The normalized spacial score (nSPS) is 15.3. The highest BCUT2D eigenvalue weighted by Gasteiger charge is 2.12. The van der Waals surface area contributed by atoms with Crippen molar-refractivity contribution in [2.24, 2.45) is 5.92 Å². The summed E-state index contributed by atoms with van der Waals surface area (Å²) in [6.45, 7) is 4.26. The van der Waals surface area contributed by atoms with Crippen LogP contribution in [0.2, 0.25) is 0 Å². The topological polar surface area (TPSA) is 9.23 Å². The molecule has 0 bridgehead atoms. The maximum absolute atomic E-state index is 5.04. The van der Waals surface area contributed by atoms with Crippen LogP contribution in [0.4, 0.5) is 0 Å². The minimum Gasteiger partial charge on any atom is -0.384 e. The lowest BCUT2D eigenvalue weighted by molar-refractivity contribution is -0.873. The van der Waals surface area contributed by atoms with E-state index in [4.69, 9.17) is 4.74 Å². The molecule has 0 aliphatic rings. The molecule has 0 aromatic carbocycles. The maximum Gasteiger partial charge on any atom is 0.0828 e. The number of rotatable bonds is 4. The molecule has 10 heavy (non-hydrogen) atoms. The number of hydrogen-bond acceptors (Lipinski definition) is 1. The van der Waals surface area contributed by atoms with Gasteiger partial charge in [0, 0.05) is 13.0 Å². The zero-order valence-corrected chi connectivity index (χ0v) is 7.85. The molecule has 0 aliphatic heterocycles. The van der Waals surface area contributed by atoms with Gasteiger partial charge in [-0.15, -0.1) is 0 Å². The molecule has 0 radical (unpaired) electrons. The first kappa shape index (κ1) is 9.92. The highest BCUT2D eigenvalue weighted by atomic mass is 16.5. The van der Waals surface area contributed by atoms with Crippen LogP contribution in [0.3, 0.4) is 0 Å². The molecule has 0 spiro atoms. The van der Waals surface area contributed by atoms with E-state index in [1.165, 1.54) is 6.54 Å². The smallest absolute Gasteiger partial charge is 0.0828 e. The summed E-state index contributed by atoms with van der Waals surface area (Å²) < 4.78 is 6.06. The van der Waals surface area contributed by atoms with Crippen molar-refractivity contribution in [3.8, 4) is 0 Å². The molecule has 2 heteroatoms. The van der Waals surface area contributed by atoms with Crippen LogP contribution in [0.5, 0.6) is 0 Å². The van der Waals surface area contributed by atoms with Gasteiger partial charge in [0.1, 0.15) is 0 Å². The van der Waals surface area contributed by atoms with Crippen molar-refractivity contribution < 1.29 is 9.22 Å². The molecule has 62 valence electrons. The summed E-state index contributed by atoms with van der Waals surface area (Å²) in [5, 5.41) is 0. The number of nitrogens with zero attached hydrogens (tertiary/aromatic N) is 1. The van der Waals surface area contributed by atoms with Crippen molar-refractivity contribution in [2.45, 2.75) is 6.92 Å². The Morgan fingerprint density at radius 2 is 1.80 bits per heavy atom. The van der Waals surface area contributed by atoms with E-state index in [0.717, 1.165) is 11.1 Å². The van der Waals surface area contributed by atoms with Crippen LogP contribution in [0.1, 0.15) is 6.92 Å². The highest BCUT2D eigenvalue weighted by Crippen LogP contribution is 2.01. The Morgan fingerprint density at radius 3 is 2.10 bits per heavy atom. The van der Waals surface area contributed by atoms with Crippen molar-refractivity contribution in [3.05, 3.63) is 0 Å². The Bertz CT molecular complexity index is 85.7. The van der Waals surface area contributed by atoms with Gasteiger partial charge in [-0.1, -0.05) is 6.92 Å². The molecule has 2 nitrogen and oxygen atoms in total. The fourth-order valence-corrected chi connectivity index (χ4v) is 1.27. The van der Waals surface area contributed by atoms with Crippen LogP contribution in [0, 0.1) is 5.92 Å². The zero-order chi connectivity index (χ0) is 8.20. The van der Waals surface area contributed by atoms with Crippen LogP contribution >= 0.6 is 0 Å². The zero-order valence-electron chi connectivity index (χ0n) is 7.85. The predicted octanol–water partition coefficient (Wildman–Crippen LogP) is 0.975. The summed E-state index contributed by atoms with van der Waals surface area (Å²) in [6.07, 6.45) is 0. The second kappa shape index (κ2) is 3.94. The molecule has 1 atom stereocenters. The fraction of sp³-hybridized carbons (Fsp3) is 1.00. The first-order chi connectivity index (χ1) is 4.45. The van der Waals surface area contributed by atoms with Gasteiger partial charge in [0.15, 0.2) is 0 Å². The quantitative estimate of drug-likeness (QED) is 0.537. The van der Waals surface area contributed by atoms with Gasteiger partial charge >= 0.3 is 0 Å². The largest absolute Gasteiger partial charge is 0.384 e. The fourth-order valence-electron chi connectivity index (χ4n) is 1.27. The van der Waals surface area contributed by atoms with E-state index in [9.17, 15) is 0 Å². The van der Waals surface area contributed by atoms with Crippen LogP contribution < -0.4 is 0 Å².